The number of carbonyl (C=O) groups is 2. The molecule has 3 aromatic rings. The number of nitrogens with one attached hydrogen (secondary N) is 2. The topological polar surface area (TPSA) is 106 Å². The second kappa shape index (κ2) is 9.80. The van der Waals surface area contributed by atoms with E-state index in [9.17, 15) is 35.9 Å². The summed E-state index contributed by atoms with van der Waals surface area (Å²) in [6.45, 7) is 0. The standard InChI is InChI=1S/C24H12F6N4O2/c25-23(26,27)19-9-17(6-4-15(19)11-31)33-21(35)13-2-1-3-14(8-13)22(36)34-18-7-5-16(12-32)20(10-18)24(28,29)30/h1-10H,(H,33,35)(H,34,36). The summed E-state index contributed by atoms with van der Waals surface area (Å²) in [5.41, 5.74) is -4.50. The lowest BCUT2D eigenvalue weighted by Gasteiger charge is -2.13. The van der Waals surface area contributed by atoms with Gasteiger partial charge in [-0.05, 0) is 54.6 Å². The fourth-order valence-corrected chi connectivity index (χ4v) is 3.12. The second-order valence-corrected chi connectivity index (χ2v) is 7.23. The Bertz CT molecular complexity index is 1330. The molecule has 0 aliphatic rings. The molecular formula is C24H12F6N4O2. The van der Waals surface area contributed by atoms with E-state index in [4.69, 9.17) is 10.5 Å². The Hall–Kier alpha value is -4.84. The van der Waals surface area contributed by atoms with E-state index < -0.39 is 46.4 Å². The van der Waals surface area contributed by atoms with Gasteiger partial charge in [0.15, 0.2) is 0 Å². The zero-order valence-electron chi connectivity index (χ0n) is 17.8. The number of halogens is 6. The molecule has 0 aliphatic heterocycles. The monoisotopic (exact) mass is 502 g/mol. The molecule has 0 spiro atoms. The van der Waals surface area contributed by atoms with E-state index in [-0.39, 0.29) is 22.5 Å². The van der Waals surface area contributed by atoms with E-state index in [0.29, 0.717) is 12.1 Å². The van der Waals surface area contributed by atoms with Crippen LogP contribution in [-0.2, 0) is 12.4 Å². The molecule has 0 radical (unpaired) electrons. The summed E-state index contributed by atoms with van der Waals surface area (Å²) in [6, 6.07) is 12.9. The minimum absolute atomic E-state index is 0.128. The van der Waals surface area contributed by atoms with Gasteiger partial charge in [0.1, 0.15) is 0 Å². The van der Waals surface area contributed by atoms with Crippen LogP contribution in [0.15, 0.2) is 60.7 Å². The van der Waals surface area contributed by atoms with Gasteiger partial charge < -0.3 is 10.6 Å². The highest BCUT2D eigenvalue weighted by Gasteiger charge is 2.35. The Morgan fingerprint density at radius 1 is 0.639 bits per heavy atom. The smallest absolute Gasteiger partial charge is 0.322 e. The van der Waals surface area contributed by atoms with E-state index >= 15 is 0 Å². The molecular weight excluding hydrogens is 490 g/mol. The number of anilines is 2. The van der Waals surface area contributed by atoms with Crippen molar-refractivity contribution in [2.24, 2.45) is 0 Å². The number of hydrogen-bond acceptors (Lipinski definition) is 4. The summed E-state index contributed by atoms with van der Waals surface area (Å²) >= 11 is 0. The van der Waals surface area contributed by atoms with Crippen molar-refractivity contribution in [2.45, 2.75) is 12.4 Å². The van der Waals surface area contributed by atoms with Gasteiger partial charge in [0.05, 0.1) is 34.4 Å². The van der Waals surface area contributed by atoms with E-state index in [1.807, 2.05) is 0 Å². The molecule has 0 unspecified atom stereocenters. The van der Waals surface area contributed by atoms with Crippen LogP contribution in [0.4, 0.5) is 37.7 Å². The van der Waals surface area contributed by atoms with Gasteiger partial charge in [0, 0.05) is 22.5 Å². The van der Waals surface area contributed by atoms with Crippen molar-refractivity contribution in [3.8, 4) is 12.1 Å². The van der Waals surface area contributed by atoms with E-state index in [1.54, 1.807) is 0 Å². The molecule has 2 amide bonds. The van der Waals surface area contributed by atoms with Crippen LogP contribution in [0.1, 0.15) is 43.0 Å². The van der Waals surface area contributed by atoms with Gasteiger partial charge in [-0.2, -0.15) is 36.9 Å². The van der Waals surface area contributed by atoms with Crippen LogP contribution >= 0.6 is 0 Å². The lowest BCUT2D eigenvalue weighted by molar-refractivity contribution is -0.138. The molecule has 0 saturated heterocycles. The average molecular weight is 502 g/mol. The van der Waals surface area contributed by atoms with Crippen LogP contribution in [0.3, 0.4) is 0 Å². The number of alkyl halides is 6. The Balaban J connectivity index is 1.81. The molecule has 6 nitrogen and oxygen atoms in total. The van der Waals surface area contributed by atoms with Crippen molar-refractivity contribution in [2.75, 3.05) is 10.6 Å². The molecule has 3 aromatic carbocycles. The van der Waals surface area contributed by atoms with Gasteiger partial charge >= 0.3 is 12.4 Å². The molecule has 3 rings (SSSR count). The lowest BCUT2D eigenvalue weighted by Crippen LogP contribution is -2.17. The van der Waals surface area contributed by atoms with Crippen LogP contribution < -0.4 is 10.6 Å². The quantitative estimate of drug-likeness (QED) is 0.429. The summed E-state index contributed by atoms with van der Waals surface area (Å²) in [5.74, 6) is -1.75. The van der Waals surface area contributed by atoms with Crippen LogP contribution in [0, 0.1) is 22.7 Å². The molecule has 0 fully saturated rings. The summed E-state index contributed by atoms with van der Waals surface area (Å²) < 4.78 is 78.9. The minimum atomic E-state index is -4.83. The fourth-order valence-electron chi connectivity index (χ4n) is 3.12. The Morgan fingerprint density at radius 2 is 1.03 bits per heavy atom. The third-order valence-corrected chi connectivity index (χ3v) is 4.79. The maximum atomic E-state index is 13.1. The fraction of sp³-hybridized carbons (Fsp3) is 0.0833. The first kappa shape index (κ1) is 25.8. The highest BCUT2D eigenvalue weighted by molar-refractivity contribution is 6.08. The third kappa shape index (κ3) is 5.80. The highest BCUT2D eigenvalue weighted by atomic mass is 19.4. The number of carbonyl (C=O) groups excluding carboxylic acids is 2. The van der Waals surface area contributed by atoms with E-state index in [1.165, 1.54) is 30.3 Å². The number of nitrogens with zero attached hydrogens (tertiary/aromatic N) is 2. The SMILES string of the molecule is N#Cc1ccc(NC(=O)c2cccc(C(=O)Nc3ccc(C#N)c(C(F)(F)F)c3)c2)cc1C(F)(F)F. The molecule has 0 aromatic heterocycles. The normalized spacial score (nSPS) is 11.2. The Kier molecular flexibility index (Phi) is 7.02. The van der Waals surface area contributed by atoms with Crippen molar-refractivity contribution >= 4 is 23.2 Å². The highest BCUT2D eigenvalue weighted by Crippen LogP contribution is 2.34. The van der Waals surface area contributed by atoms with Crippen LogP contribution in [0.25, 0.3) is 0 Å². The predicted molar refractivity (Wildman–Crippen MR) is 115 cm³/mol. The Morgan fingerprint density at radius 3 is 1.36 bits per heavy atom. The number of hydrogen-bond donors (Lipinski definition) is 2. The van der Waals surface area contributed by atoms with Gasteiger partial charge in [-0.15, -0.1) is 0 Å². The van der Waals surface area contributed by atoms with Gasteiger partial charge in [0.2, 0.25) is 0 Å². The number of amides is 2. The van der Waals surface area contributed by atoms with Crippen molar-refractivity contribution in [3.63, 3.8) is 0 Å². The van der Waals surface area contributed by atoms with Crippen LogP contribution in [0.2, 0.25) is 0 Å². The molecule has 0 saturated carbocycles. The van der Waals surface area contributed by atoms with Gasteiger partial charge in [-0.1, -0.05) is 6.07 Å². The Labute approximate surface area is 199 Å². The van der Waals surface area contributed by atoms with Crippen LogP contribution in [0.5, 0.6) is 0 Å². The number of rotatable bonds is 4. The van der Waals surface area contributed by atoms with Gasteiger partial charge in [0.25, 0.3) is 11.8 Å². The lowest BCUT2D eigenvalue weighted by atomic mass is 10.1. The summed E-state index contributed by atoms with van der Waals surface area (Å²) in [6.07, 6.45) is -9.66. The molecule has 2 N–H and O–H groups in total. The first-order valence-electron chi connectivity index (χ1n) is 9.79. The molecule has 182 valence electrons. The zero-order valence-corrected chi connectivity index (χ0v) is 17.8. The zero-order chi connectivity index (χ0) is 26.7. The van der Waals surface area contributed by atoms with Crippen LogP contribution in [-0.4, -0.2) is 11.8 Å². The number of nitriles is 2. The average Bonchev–Trinajstić information content (AvgIpc) is 2.83. The van der Waals surface area contributed by atoms with Crippen molar-refractivity contribution in [1.82, 2.24) is 0 Å². The maximum Gasteiger partial charge on any atom is 0.417 e. The van der Waals surface area contributed by atoms with Crippen molar-refractivity contribution < 1.29 is 35.9 Å². The molecule has 0 heterocycles. The van der Waals surface area contributed by atoms with Gasteiger partial charge in [-0.25, -0.2) is 0 Å². The summed E-state index contributed by atoms with van der Waals surface area (Å²) in [5, 5.41) is 22.2. The minimum Gasteiger partial charge on any atom is -0.322 e. The van der Waals surface area contributed by atoms with E-state index in [0.717, 1.165) is 30.3 Å². The van der Waals surface area contributed by atoms with Gasteiger partial charge in [-0.3, -0.25) is 9.59 Å². The van der Waals surface area contributed by atoms with E-state index in [2.05, 4.69) is 10.6 Å². The first-order valence-corrected chi connectivity index (χ1v) is 9.79. The predicted octanol–water partition coefficient (Wildman–Crippen LogP) is 5.97. The molecule has 0 atom stereocenters. The number of benzene rings is 3. The summed E-state index contributed by atoms with van der Waals surface area (Å²) in [7, 11) is 0. The largest absolute Gasteiger partial charge is 0.417 e. The molecule has 36 heavy (non-hydrogen) atoms. The third-order valence-electron chi connectivity index (χ3n) is 4.79. The summed E-state index contributed by atoms with van der Waals surface area (Å²) in [4.78, 5) is 25.1. The maximum absolute atomic E-state index is 13.1. The first-order chi connectivity index (χ1) is 16.8. The molecule has 0 bridgehead atoms. The van der Waals surface area contributed by atoms with Crippen molar-refractivity contribution in [1.29, 1.82) is 10.5 Å². The molecule has 0 aliphatic carbocycles. The van der Waals surface area contributed by atoms with Crippen molar-refractivity contribution in [3.05, 3.63) is 94.0 Å². The molecule has 12 heteroatoms. The second-order valence-electron chi connectivity index (χ2n) is 7.23.